The summed E-state index contributed by atoms with van der Waals surface area (Å²) in [5, 5.41) is 6.35. The van der Waals surface area contributed by atoms with Gasteiger partial charge in [0.2, 0.25) is 0 Å². The zero-order valence-electron chi connectivity index (χ0n) is 16.8. The van der Waals surface area contributed by atoms with Gasteiger partial charge in [-0.15, -0.1) is 24.0 Å². The van der Waals surface area contributed by atoms with Crippen molar-refractivity contribution < 1.29 is 17.5 Å². The summed E-state index contributed by atoms with van der Waals surface area (Å²) in [6.45, 7) is 3.42. The first-order valence-electron chi connectivity index (χ1n) is 9.65. The van der Waals surface area contributed by atoms with E-state index in [1.165, 1.54) is 12.1 Å². The quantitative estimate of drug-likeness (QED) is 0.316. The second-order valence-electron chi connectivity index (χ2n) is 7.00. The molecule has 0 saturated carbocycles. The molecule has 30 heavy (non-hydrogen) atoms. The number of hydrogen-bond acceptors (Lipinski definition) is 4. The first-order chi connectivity index (χ1) is 13.9. The Morgan fingerprint density at radius 3 is 2.60 bits per heavy atom. The van der Waals surface area contributed by atoms with E-state index < -0.39 is 9.84 Å². The Morgan fingerprint density at radius 2 is 1.97 bits per heavy atom. The Hall–Kier alpha value is -1.88. The van der Waals surface area contributed by atoms with Crippen LogP contribution in [0, 0.1) is 5.82 Å². The molecule has 2 N–H and O–H groups in total. The number of benzene rings is 2. The third kappa shape index (κ3) is 7.75. The molecule has 2 aromatic carbocycles. The van der Waals surface area contributed by atoms with Gasteiger partial charge in [0.15, 0.2) is 15.8 Å². The van der Waals surface area contributed by atoms with E-state index in [1.54, 1.807) is 6.07 Å². The van der Waals surface area contributed by atoms with Crippen LogP contribution in [0.4, 0.5) is 4.39 Å². The fourth-order valence-corrected chi connectivity index (χ4v) is 4.75. The molecule has 6 nitrogen and oxygen atoms in total. The Kier molecular flexibility index (Phi) is 9.35. The molecule has 0 bridgehead atoms. The Bertz CT molecular complexity index is 952. The van der Waals surface area contributed by atoms with E-state index >= 15 is 0 Å². The minimum atomic E-state index is -2.94. The molecule has 1 aliphatic rings. The van der Waals surface area contributed by atoms with Crippen LogP contribution in [0.25, 0.3) is 0 Å². The van der Waals surface area contributed by atoms with Gasteiger partial charge in [-0.05, 0) is 48.7 Å². The van der Waals surface area contributed by atoms with Gasteiger partial charge in [-0.25, -0.2) is 17.8 Å². The number of sulfone groups is 1. The average Bonchev–Trinajstić information content (AvgIpc) is 3.04. The molecule has 1 unspecified atom stereocenters. The largest absolute Gasteiger partial charge is 0.489 e. The maximum Gasteiger partial charge on any atom is 0.191 e. The lowest BCUT2D eigenvalue weighted by atomic mass is 10.2. The summed E-state index contributed by atoms with van der Waals surface area (Å²) >= 11 is 0. The van der Waals surface area contributed by atoms with Crippen LogP contribution in [-0.2, 0) is 23.0 Å². The van der Waals surface area contributed by atoms with Crippen molar-refractivity contribution in [1.82, 2.24) is 10.6 Å². The Labute approximate surface area is 194 Å². The van der Waals surface area contributed by atoms with E-state index in [1.807, 2.05) is 37.3 Å². The second-order valence-corrected chi connectivity index (χ2v) is 9.23. The highest BCUT2D eigenvalue weighted by Gasteiger charge is 2.28. The zero-order chi connectivity index (χ0) is 20.7. The highest BCUT2D eigenvalue weighted by atomic mass is 127. The van der Waals surface area contributed by atoms with Crippen LogP contribution in [0.2, 0.25) is 0 Å². The first kappa shape index (κ1) is 24.4. The topological polar surface area (TPSA) is 79.8 Å². The number of nitrogens with zero attached hydrogens (tertiary/aromatic N) is 1. The summed E-state index contributed by atoms with van der Waals surface area (Å²) in [5.41, 5.74) is 1.77. The standard InChI is InChI=1S/C21H26FN3O3S.HI/c1-2-23-21(25-19-10-11-29(26,27)15-19)24-13-16-6-8-20(9-7-16)28-14-17-4-3-5-18(22)12-17;/h3-9,12,19H,2,10-11,13-15H2,1H3,(H2,23,24,25);1H. The summed E-state index contributed by atoms with van der Waals surface area (Å²) in [6, 6.07) is 13.8. The molecule has 0 aliphatic carbocycles. The molecular weight excluding hydrogens is 520 g/mol. The first-order valence-corrected chi connectivity index (χ1v) is 11.5. The van der Waals surface area contributed by atoms with Gasteiger partial charge in [-0.2, -0.15) is 0 Å². The van der Waals surface area contributed by atoms with Crippen molar-refractivity contribution in [2.45, 2.75) is 32.5 Å². The molecule has 9 heteroatoms. The number of nitrogens with one attached hydrogen (secondary N) is 2. The highest BCUT2D eigenvalue weighted by Crippen LogP contribution is 2.16. The monoisotopic (exact) mass is 547 g/mol. The van der Waals surface area contributed by atoms with Crippen molar-refractivity contribution in [3.8, 4) is 5.75 Å². The van der Waals surface area contributed by atoms with Gasteiger partial charge in [-0.3, -0.25) is 0 Å². The van der Waals surface area contributed by atoms with Gasteiger partial charge in [0, 0.05) is 12.6 Å². The van der Waals surface area contributed by atoms with Crippen molar-refractivity contribution >= 4 is 39.8 Å². The molecule has 0 spiro atoms. The molecular formula is C21H27FIN3O3S. The third-order valence-electron chi connectivity index (χ3n) is 4.56. The van der Waals surface area contributed by atoms with Gasteiger partial charge in [-0.1, -0.05) is 24.3 Å². The SMILES string of the molecule is CCNC(=NCc1ccc(OCc2cccc(F)c2)cc1)NC1CCS(=O)(=O)C1.I. The highest BCUT2D eigenvalue weighted by molar-refractivity contribution is 14.0. The molecule has 164 valence electrons. The van der Waals surface area contributed by atoms with E-state index in [9.17, 15) is 12.8 Å². The molecule has 1 atom stereocenters. The molecule has 1 heterocycles. The number of hydrogen-bond donors (Lipinski definition) is 2. The molecule has 1 aliphatic heterocycles. The number of ether oxygens (including phenoxy) is 1. The molecule has 0 radical (unpaired) electrons. The van der Waals surface area contributed by atoms with Crippen LogP contribution < -0.4 is 15.4 Å². The second kappa shape index (κ2) is 11.5. The predicted molar refractivity (Wildman–Crippen MR) is 128 cm³/mol. The van der Waals surface area contributed by atoms with E-state index in [0.717, 1.165) is 11.1 Å². The zero-order valence-corrected chi connectivity index (χ0v) is 20.0. The van der Waals surface area contributed by atoms with Crippen molar-refractivity contribution in [3.63, 3.8) is 0 Å². The number of guanidine groups is 1. The lowest BCUT2D eigenvalue weighted by Crippen LogP contribution is -2.44. The van der Waals surface area contributed by atoms with E-state index in [4.69, 9.17) is 4.74 Å². The van der Waals surface area contributed by atoms with Crippen LogP contribution >= 0.6 is 24.0 Å². The smallest absolute Gasteiger partial charge is 0.191 e. The van der Waals surface area contributed by atoms with Gasteiger partial charge < -0.3 is 15.4 Å². The van der Waals surface area contributed by atoms with Crippen molar-refractivity contribution in [3.05, 3.63) is 65.5 Å². The van der Waals surface area contributed by atoms with Gasteiger partial charge in [0.05, 0.1) is 18.1 Å². The minimum Gasteiger partial charge on any atom is -0.489 e. The number of rotatable bonds is 7. The number of aliphatic imine (C=N–C) groups is 1. The fraction of sp³-hybridized carbons (Fsp3) is 0.381. The maximum absolute atomic E-state index is 13.2. The fourth-order valence-electron chi connectivity index (χ4n) is 3.08. The van der Waals surface area contributed by atoms with E-state index in [2.05, 4.69) is 15.6 Å². The summed E-state index contributed by atoms with van der Waals surface area (Å²) in [7, 11) is -2.94. The average molecular weight is 547 g/mol. The molecule has 0 aromatic heterocycles. The summed E-state index contributed by atoms with van der Waals surface area (Å²) in [6.07, 6.45) is 0.601. The lowest BCUT2D eigenvalue weighted by Gasteiger charge is -2.15. The Morgan fingerprint density at radius 1 is 1.20 bits per heavy atom. The molecule has 1 saturated heterocycles. The van der Waals surface area contributed by atoms with Crippen LogP contribution in [-0.4, -0.2) is 38.5 Å². The van der Waals surface area contributed by atoms with Gasteiger partial charge in [0.25, 0.3) is 0 Å². The molecule has 3 rings (SSSR count). The van der Waals surface area contributed by atoms with Crippen LogP contribution in [0.3, 0.4) is 0 Å². The van der Waals surface area contributed by atoms with E-state index in [-0.39, 0.29) is 47.3 Å². The van der Waals surface area contributed by atoms with Crippen LogP contribution in [0.1, 0.15) is 24.5 Å². The number of halogens is 2. The van der Waals surface area contributed by atoms with Crippen molar-refractivity contribution in [1.29, 1.82) is 0 Å². The Balaban J connectivity index is 0.00000320. The summed E-state index contributed by atoms with van der Waals surface area (Å²) in [4.78, 5) is 4.55. The maximum atomic E-state index is 13.2. The van der Waals surface area contributed by atoms with Crippen LogP contribution in [0.15, 0.2) is 53.5 Å². The minimum absolute atomic E-state index is 0. The van der Waals surface area contributed by atoms with Crippen LogP contribution in [0.5, 0.6) is 5.75 Å². The summed E-state index contributed by atoms with van der Waals surface area (Å²) < 4.78 is 42.1. The van der Waals surface area contributed by atoms with E-state index in [0.29, 0.717) is 37.8 Å². The van der Waals surface area contributed by atoms with Crippen molar-refractivity contribution in [2.24, 2.45) is 4.99 Å². The normalized spacial score (nSPS) is 17.8. The van der Waals surface area contributed by atoms with Crippen molar-refractivity contribution in [2.75, 3.05) is 18.1 Å². The van der Waals surface area contributed by atoms with Gasteiger partial charge >= 0.3 is 0 Å². The predicted octanol–water partition coefficient (Wildman–Crippen LogP) is 3.26. The molecule has 0 amide bonds. The van der Waals surface area contributed by atoms with Gasteiger partial charge in [0.1, 0.15) is 18.2 Å². The third-order valence-corrected chi connectivity index (χ3v) is 6.32. The summed E-state index contributed by atoms with van der Waals surface area (Å²) in [5.74, 6) is 1.40. The lowest BCUT2D eigenvalue weighted by molar-refractivity contribution is 0.305. The molecule has 1 fully saturated rings. The molecule has 2 aromatic rings.